The lowest BCUT2D eigenvalue weighted by atomic mass is 9.98. The van der Waals surface area contributed by atoms with Crippen LogP contribution in [0.5, 0.6) is 0 Å². The summed E-state index contributed by atoms with van der Waals surface area (Å²) in [7, 11) is 0. The Labute approximate surface area is 110 Å². The second-order valence-corrected chi connectivity index (χ2v) is 5.96. The van der Waals surface area contributed by atoms with Crippen LogP contribution in [0.3, 0.4) is 0 Å². The van der Waals surface area contributed by atoms with Crippen molar-refractivity contribution in [1.29, 1.82) is 0 Å². The average molecular weight is 267 g/mol. The monoisotopic (exact) mass is 267 g/mol. The molecule has 90 valence electrons. The van der Waals surface area contributed by atoms with Crippen LogP contribution in [0.4, 0.5) is 0 Å². The number of carboxylic acids is 1. The molecule has 1 heterocycles. The number of hydrogen-bond acceptors (Lipinski definition) is 3. The number of carbonyl (C=O) groups is 1. The third-order valence-corrected chi connectivity index (χ3v) is 4.34. The molecule has 2 N–H and O–H groups in total. The molecule has 1 aromatic carbocycles. The molecule has 1 fully saturated rings. The molecule has 2 unspecified atom stereocenters. The van der Waals surface area contributed by atoms with Gasteiger partial charge in [-0.05, 0) is 25.0 Å². The predicted molar refractivity (Wildman–Crippen MR) is 73.4 cm³/mol. The first-order valence-corrected chi connectivity index (χ1v) is 6.55. The van der Waals surface area contributed by atoms with Crippen molar-refractivity contribution in [3.8, 4) is 0 Å². The SMILES string of the molecule is Cc1ccc(C)c(C2SC(=S)NC2C(=O)O)c1. The van der Waals surface area contributed by atoms with Gasteiger partial charge in [-0.3, -0.25) is 0 Å². The van der Waals surface area contributed by atoms with Gasteiger partial charge in [0.05, 0.1) is 5.25 Å². The van der Waals surface area contributed by atoms with Crippen molar-refractivity contribution in [2.24, 2.45) is 0 Å². The largest absolute Gasteiger partial charge is 0.480 e. The molecule has 1 aliphatic heterocycles. The summed E-state index contributed by atoms with van der Waals surface area (Å²) in [5.41, 5.74) is 3.29. The van der Waals surface area contributed by atoms with Crippen LogP contribution in [0.1, 0.15) is 21.9 Å². The summed E-state index contributed by atoms with van der Waals surface area (Å²) in [5, 5.41) is 11.9. The number of thiocarbonyl (C=S) groups is 1. The number of thioether (sulfide) groups is 1. The van der Waals surface area contributed by atoms with Gasteiger partial charge in [0.15, 0.2) is 0 Å². The summed E-state index contributed by atoms with van der Waals surface area (Å²) in [6.45, 7) is 4.00. The highest BCUT2D eigenvalue weighted by atomic mass is 32.2. The fourth-order valence-corrected chi connectivity index (χ4v) is 3.49. The number of benzene rings is 1. The molecule has 17 heavy (non-hydrogen) atoms. The third kappa shape index (κ3) is 2.45. The van der Waals surface area contributed by atoms with Crippen LogP contribution in [-0.2, 0) is 4.79 Å². The number of rotatable bonds is 2. The lowest BCUT2D eigenvalue weighted by Gasteiger charge is -2.17. The molecule has 0 aliphatic carbocycles. The summed E-state index contributed by atoms with van der Waals surface area (Å²) >= 11 is 6.47. The van der Waals surface area contributed by atoms with E-state index in [9.17, 15) is 9.90 Å². The second kappa shape index (κ2) is 4.66. The van der Waals surface area contributed by atoms with E-state index in [1.54, 1.807) is 0 Å². The lowest BCUT2D eigenvalue weighted by molar-refractivity contribution is -0.138. The van der Waals surface area contributed by atoms with E-state index in [0.717, 1.165) is 16.7 Å². The fourth-order valence-electron chi connectivity index (χ4n) is 1.92. The molecular weight excluding hydrogens is 254 g/mol. The summed E-state index contributed by atoms with van der Waals surface area (Å²) < 4.78 is 0.559. The van der Waals surface area contributed by atoms with E-state index in [-0.39, 0.29) is 5.25 Å². The van der Waals surface area contributed by atoms with Gasteiger partial charge in [-0.1, -0.05) is 47.7 Å². The normalized spacial score (nSPS) is 23.5. The average Bonchev–Trinajstić information content (AvgIpc) is 2.64. The molecule has 0 aromatic heterocycles. The molecule has 0 saturated carbocycles. The van der Waals surface area contributed by atoms with Gasteiger partial charge in [-0.2, -0.15) is 0 Å². The molecule has 2 rings (SSSR count). The van der Waals surface area contributed by atoms with Gasteiger partial charge < -0.3 is 10.4 Å². The van der Waals surface area contributed by atoms with Gasteiger partial charge in [0, 0.05) is 0 Å². The highest BCUT2D eigenvalue weighted by Gasteiger charge is 2.38. The van der Waals surface area contributed by atoms with Gasteiger partial charge >= 0.3 is 5.97 Å². The maximum Gasteiger partial charge on any atom is 0.327 e. The minimum absolute atomic E-state index is 0.139. The van der Waals surface area contributed by atoms with Crippen LogP contribution in [0, 0.1) is 13.8 Å². The number of nitrogens with one attached hydrogen (secondary N) is 1. The number of hydrogen-bond donors (Lipinski definition) is 2. The Kier molecular flexibility index (Phi) is 3.40. The van der Waals surface area contributed by atoms with Crippen molar-refractivity contribution in [2.45, 2.75) is 25.1 Å². The molecule has 0 bridgehead atoms. The molecule has 1 aliphatic rings. The highest BCUT2D eigenvalue weighted by molar-refractivity contribution is 8.23. The van der Waals surface area contributed by atoms with Crippen LogP contribution in [0.15, 0.2) is 18.2 Å². The van der Waals surface area contributed by atoms with Gasteiger partial charge in [0.1, 0.15) is 10.4 Å². The van der Waals surface area contributed by atoms with Crippen molar-refractivity contribution in [3.05, 3.63) is 34.9 Å². The zero-order chi connectivity index (χ0) is 12.6. The quantitative estimate of drug-likeness (QED) is 0.806. The standard InChI is InChI=1S/C12H13NO2S2/c1-6-3-4-7(2)8(5-6)10-9(11(14)15)13-12(16)17-10/h3-5,9-10H,1-2H3,(H,13,16)(H,14,15). The Balaban J connectivity index is 2.41. The Hall–Kier alpha value is -1.07. The molecule has 1 aromatic rings. The molecule has 0 amide bonds. The van der Waals surface area contributed by atoms with Crippen molar-refractivity contribution in [3.63, 3.8) is 0 Å². The van der Waals surface area contributed by atoms with Crippen LogP contribution in [0.2, 0.25) is 0 Å². The first-order valence-electron chi connectivity index (χ1n) is 5.26. The minimum Gasteiger partial charge on any atom is -0.480 e. The number of aliphatic carboxylic acids is 1. The summed E-state index contributed by atoms with van der Waals surface area (Å²) in [5.74, 6) is -0.858. The Morgan fingerprint density at radius 1 is 1.47 bits per heavy atom. The van der Waals surface area contributed by atoms with E-state index >= 15 is 0 Å². The van der Waals surface area contributed by atoms with E-state index in [1.807, 2.05) is 32.0 Å². The topological polar surface area (TPSA) is 49.3 Å². The molecule has 0 radical (unpaired) electrons. The molecule has 3 nitrogen and oxygen atoms in total. The molecule has 5 heteroatoms. The second-order valence-electron chi connectivity index (χ2n) is 4.15. The molecular formula is C12H13NO2S2. The smallest absolute Gasteiger partial charge is 0.327 e. The predicted octanol–water partition coefficient (Wildman–Crippen LogP) is 2.42. The first kappa shape index (κ1) is 12.4. The lowest BCUT2D eigenvalue weighted by Crippen LogP contribution is -2.35. The van der Waals surface area contributed by atoms with Crippen molar-refractivity contribution in [1.82, 2.24) is 5.32 Å². The maximum atomic E-state index is 11.2. The Bertz CT molecular complexity index is 487. The van der Waals surface area contributed by atoms with Crippen molar-refractivity contribution in [2.75, 3.05) is 0 Å². The van der Waals surface area contributed by atoms with Crippen LogP contribution in [-0.4, -0.2) is 21.4 Å². The summed E-state index contributed by atoms with van der Waals surface area (Å²) in [4.78, 5) is 11.2. The highest BCUT2D eigenvalue weighted by Crippen LogP contribution is 2.39. The van der Waals surface area contributed by atoms with Gasteiger partial charge in [0.25, 0.3) is 0 Å². The van der Waals surface area contributed by atoms with E-state index in [4.69, 9.17) is 12.2 Å². The van der Waals surface area contributed by atoms with Crippen molar-refractivity contribution < 1.29 is 9.90 Å². The molecule has 1 saturated heterocycles. The first-order chi connectivity index (χ1) is 7.99. The zero-order valence-corrected chi connectivity index (χ0v) is 11.2. The van der Waals surface area contributed by atoms with E-state index < -0.39 is 12.0 Å². The van der Waals surface area contributed by atoms with Gasteiger partial charge in [-0.15, -0.1) is 0 Å². The Morgan fingerprint density at radius 3 is 2.82 bits per heavy atom. The van der Waals surface area contributed by atoms with Gasteiger partial charge in [-0.25, -0.2) is 4.79 Å². The summed E-state index contributed by atoms with van der Waals surface area (Å²) in [6.07, 6.45) is 0. The minimum atomic E-state index is -0.858. The number of carboxylic acid groups (broad SMARTS) is 1. The zero-order valence-electron chi connectivity index (χ0n) is 9.56. The molecule has 0 spiro atoms. The van der Waals surface area contributed by atoms with Crippen LogP contribution in [0.25, 0.3) is 0 Å². The van der Waals surface area contributed by atoms with E-state index in [1.165, 1.54) is 11.8 Å². The van der Waals surface area contributed by atoms with Crippen LogP contribution < -0.4 is 5.32 Å². The van der Waals surface area contributed by atoms with E-state index in [0.29, 0.717) is 4.32 Å². The summed E-state index contributed by atoms with van der Waals surface area (Å²) in [6, 6.07) is 5.46. The van der Waals surface area contributed by atoms with Crippen molar-refractivity contribution >= 4 is 34.3 Å². The fraction of sp³-hybridized carbons (Fsp3) is 0.333. The van der Waals surface area contributed by atoms with E-state index in [2.05, 4.69) is 5.32 Å². The number of aryl methyl sites for hydroxylation is 2. The Morgan fingerprint density at radius 2 is 2.18 bits per heavy atom. The third-order valence-electron chi connectivity index (χ3n) is 2.82. The maximum absolute atomic E-state index is 11.2. The van der Waals surface area contributed by atoms with Crippen LogP contribution >= 0.6 is 24.0 Å². The van der Waals surface area contributed by atoms with Gasteiger partial charge in [0.2, 0.25) is 0 Å². The molecule has 2 atom stereocenters.